The number of benzene rings is 1. The van der Waals surface area contributed by atoms with E-state index in [2.05, 4.69) is 29.6 Å². The molecule has 0 spiro atoms. The van der Waals surface area contributed by atoms with Crippen molar-refractivity contribution in [2.45, 2.75) is 26.2 Å². The fourth-order valence-corrected chi connectivity index (χ4v) is 3.61. The number of hydrogen-bond acceptors (Lipinski definition) is 4. The molecule has 0 radical (unpaired) electrons. The number of amides is 1. The fraction of sp³-hybridized carbons (Fsp3) is 0.312. The molecule has 1 aromatic carbocycles. The summed E-state index contributed by atoms with van der Waals surface area (Å²) in [6.07, 6.45) is 3.77. The zero-order chi connectivity index (χ0) is 16.2. The maximum atomic E-state index is 12.8. The van der Waals surface area contributed by atoms with Crippen LogP contribution in [0.15, 0.2) is 42.7 Å². The van der Waals surface area contributed by atoms with E-state index in [4.69, 9.17) is 5.73 Å². The van der Waals surface area contributed by atoms with Crippen molar-refractivity contribution in [3.63, 3.8) is 0 Å². The molecular formula is C16H22N4OSi. The fourth-order valence-electron chi connectivity index (χ4n) is 2.21. The van der Waals surface area contributed by atoms with Crippen LogP contribution in [0.5, 0.6) is 0 Å². The highest BCUT2D eigenvalue weighted by molar-refractivity contribution is 6.76. The molecule has 6 heteroatoms. The molecular weight excluding hydrogens is 292 g/mol. The highest BCUT2D eigenvalue weighted by atomic mass is 28.3. The first kappa shape index (κ1) is 16.2. The Hall–Kier alpha value is -2.21. The molecule has 0 aliphatic carbocycles. The summed E-state index contributed by atoms with van der Waals surface area (Å²) in [5, 5.41) is 0. The van der Waals surface area contributed by atoms with Crippen molar-refractivity contribution in [3.05, 3.63) is 53.9 Å². The Kier molecular flexibility index (Phi) is 4.92. The predicted molar refractivity (Wildman–Crippen MR) is 91.0 cm³/mol. The van der Waals surface area contributed by atoms with Gasteiger partial charge in [0.2, 0.25) is 5.95 Å². The van der Waals surface area contributed by atoms with E-state index in [9.17, 15) is 4.79 Å². The van der Waals surface area contributed by atoms with Crippen molar-refractivity contribution in [1.82, 2.24) is 14.9 Å². The summed E-state index contributed by atoms with van der Waals surface area (Å²) in [5.41, 5.74) is 7.08. The van der Waals surface area contributed by atoms with E-state index < -0.39 is 8.07 Å². The lowest BCUT2D eigenvalue weighted by Gasteiger charge is -2.29. The number of nitrogens with two attached hydrogens (primary N) is 1. The number of nitrogens with zero attached hydrogens (tertiary/aromatic N) is 3. The van der Waals surface area contributed by atoms with Crippen LogP contribution in [0.1, 0.15) is 15.9 Å². The Morgan fingerprint density at radius 1 is 1.14 bits per heavy atom. The topological polar surface area (TPSA) is 72.1 Å². The maximum absolute atomic E-state index is 12.8. The van der Waals surface area contributed by atoms with Gasteiger partial charge >= 0.3 is 0 Å². The van der Waals surface area contributed by atoms with Crippen LogP contribution in [0.4, 0.5) is 5.95 Å². The van der Waals surface area contributed by atoms with Gasteiger partial charge in [-0.15, -0.1) is 0 Å². The SMILES string of the molecule is C[Si](C)(C)CN(Cc1ccccc1)C(=O)c1cnc(N)nc1. The van der Waals surface area contributed by atoms with Gasteiger partial charge in [-0.25, -0.2) is 9.97 Å². The lowest BCUT2D eigenvalue weighted by Crippen LogP contribution is -2.43. The first-order valence-corrected chi connectivity index (χ1v) is 11.0. The number of rotatable bonds is 5. The summed E-state index contributed by atoms with van der Waals surface area (Å²) in [6, 6.07) is 10.0. The van der Waals surface area contributed by atoms with Crippen LogP contribution >= 0.6 is 0 Å². The standard InChI is InChI=1S/C16H22N4OSi/c1-22(2,3)12-20(11-13-7-5-4-6-8-13)15(21)14-9-18-16(17)19-10-14/h4-10H,11-12H2,1-3H3,(H2,17,18,19). The van der Waals surface area contributed by atoms with Gasteiger partial charge < -0.3 is 10.6 Å². The van der Waals surface area contributed by atoms with Gasteiger partial charge in [-0.3, -0.25) is 4.79 Å². The minimum atomic E-state index is -1.44. The molecule has 0 saturated heterocycles. The first-order valence-electron chi connectivity index (χ1n) is 7.26. The average Bonchev–Trinajstić information content (AvgIpc) is 2.46. The lowest BCUT2D eigenvalue weighted by atomic mass is 10.2. The van der Waals surface area contributed by atoms with Crippen molar-refractivity contribution < 1.29 is 4.79 Å². The summed E-state index contributed by atoms with van der Waals surface area (Å²) >= 11 is 0. The van der Waals surface area contributed by atoms with Crippen molar-refractivity contribution in [2.24, 2.45) is 0 Å². The van der Waals surface area contributed by atoms with Crippen molar-refractivity contribution in [1.29, 1.82) is 0 Å². The van der Waals surface area contributed by atoms with E-state index in [0.717, 1.165) is 11.7 Å². The highest BCUT2D eigenvalue weighted by Crippen LogP contribution is 2.13. The van der Waals surface area contributed by atoms with Crippen LogP contribution in [0.25, 0.3) is 0 Å². The van der Waals surface area contributed by atoms with Crippen LogP contribution in [0.2, 0.25) is 19.6 Å². The Balaban J connectivity index is 2.23. The normalized spacial score (nSPS) is 11.2. The molecule has 0 unspecified atom stereocenters. The molecule has 5 nitrogen and oxygen atoms in total. The van der Waals surface area contributed by atoms with Crippen LogP contribution < -0.4 is 5.73 Å². The molecule has 2 N–H and O–H groups in total. The van der Waals surface area contributed by atoms with Crippen molar-refractivity contribution in [2.75, 3.05) is 11.9 Å². The van der Waals surface area contributed by atoms with E-state index in [0.29, 0.717) is 12.1 Å². The Morgan fingerprint density at radius 3 is 2.27 bits per heavy atom. The van der Waals surface area contributed by atoms with Crippen LogP contribution in [-0.4, -0.2) is 35.0 Å². The van der Waals surface area contributed by atoms with Crippen molar-refractivity contribution >= 4 is 19.9 Å². The summed E-state index contributed by atoms with van der Waals surface area (Å²) in [5.74, 6) is 0.127. The third kappa shape index (κ3) is 4.66. The zero-order valence-electron chi connectivity index (χ0n) is 13.3. The molecule has 2 rings (SSSR count). The molecule has 22 heavy (non-hydrogen) atoms. The lowest BCUT2D eigenvalue weighted by molar-refractivity contribution is 0.0768. The Bertz CT molecular complexity index is 623. The van der Waals surface area contributed by atoms with Crippen LogP contribution in [0.3, 0.4) is 0 Å². The van der Waals surface area contributed by atoms with E-state index in [-0.39, 0.29) is 11.9 Å². The van der Waals surface area contributed by atoms with Gasteiger partial charge in [0.05, 0.1) is 13.6 Å². The van der Waals surface area contributed by atoms with Crippen LogP contribution in [0, 0.1) is 0 Å². The largest absolute Gasteiger partial charge is 0.368 e. The van der Waals surface area contributed by atoms with Crippen molar-refractivity contribution in [3.8, 4) is 0 Å². The van der Waals surface area contributed by atoms with Gasteiger partial charge in [0.25, 0.3) is 5.91 Å². The minimum absolute atomic E-state index is 0.0497. The molecule has 2 aromatic rings. The molecule has 0 fully saturated rings. The Labute approximate surface area is 132 Å². The monoisotopic (exact) mass is 314 g/mol. The highest BCUT2D eigenvalue weighted by Gasteiger charge is 2.24. The summed E-state index contributed by atoms with van der Waals surface area (Å²) in [6.45, 7) is 7.33. The van der Waals surface area contributed by atoms with Gasteiger partial charge in [-0.2, -0.15) is 0 Å². The molecule has 116 valence electrons. The summed E-state index contributed by atoms with van der Waals surface area (Å²) in [7, 11) is -1.44. The molecule has 1 aromatic heterocycles. The minimum Gasteiger partial charge on any atom is -0.368 e. The molecule has 0 aliphatic rings. The Morgan fingerprint density at radius 2 is 1.73 bits per heavy atom. The molecule has 0 bridgehead atoms. The van der Waals surface area contributed by atoms with Gasteiger partial charge in [0.15, 0.2) is 0 Å². The van der Waals surface area contributed by atoms with E-state index >= 15 is 0 Å². The average molecular weight is 314 g/mol. The maximum Gasteiger partial charge on any atom is 0.257 e. The van der Waals surface area contributed by atoms with Gasteiger partial charge in [0, 0.05) is 25.1 Å². The summed E-state index contributed by atoms with van der Waals surface area (Å²) in [4.78, 5) is 22.5. The summed E-state index contributed by atoms with van der Waals surface area (Å²) < 4.78 is 0. The van der Waals surface area contributed by atoms with Gasteiger partial charge in [-0.1, -0.05) is 50.0 Å². The quantitative estimate of drug-likeness (QED) is 0.861. The molecule has 1 amide bonds. The number of carbonyl (C=O) groups excluding carboxylic acids is 1. The molecule has 0 atom stereocenters. The molecule has 1 heterocycles. The second kappa shape index (κ2) is 6.70. The second-order valence-electron chi connectivity index (χ2n) is 6.54. The number of nitrogen functional groups attached to an aromatic ring is 1. The smallest absolute Gasteiger partial charge is 0.257 e. The third-order valence-electron chi connectivity index (χ3n) is 3.09. The number of anilines is 1. The van der Waals surface area contributed by atoms with E-state index in [1.165, 1.54) is 12.4 Å². The van der Waals surface area contributed by atoms with Gasteiger partial charge in [-0.05, 0) is 5.56 Å². The molecule has 0 aliphatic heterocycles. The zero-order valence-corrected chi connectivity index (χ0v) is 14.3. The molecule has 0 saturated carbocycles. The predicted octanol–water partition coefficient (Wildman–Crippen LogP) is 2.58. The van der Waals surface area contributed by atoms with Crippen LogP contribution in [-0.2, 0) is 6.54 Å². The first-order chi connectivity index (χ1) is 10.3. The van der Waals surface area contributed by atoms with E-state index in [1.54, 1.807) is 0 Å². The third-order valence-corrected chi connectivity index (χ3v) is 4.42. The van der Waals surface area contributed by atoms with Gasteiger partial charge in [0.1, 0.15) is 0 Å². The number of aromatic nitrogens is 2. The number of carbonyl (C=O) groups is 1. The van der Waals surface area contributed by atoms with E-state index in [1.807, 2.05) is 35.2 Å². The second-order valence-corrected chi connectivity index (χ2v) is 12.0. The number of hydrogen-bond donors (Lipinski definition) is 1.